The maximum Gasteiger partial charge on any atom is 0.336 e. The van der Waals surface area contributed by atoms with Gasteiger partial charge in [-0.05, 0) is 30.3 Å². The summed E-state index contributed by atoms with van der Waals surface area (Å²) in [6.45, 7) is 2.32. The van der Waals surface area contributed by atoms with E-state index in [1.807, 2.05) is 0 Å². The summed E-state index contributed by atoms with van der Waals surface area (Å²) < 4.78 is 29.5. The van der Waals surface area contributed by atoms with Gasteiger partial charge in [-0.25, -0.2) is 18.1 Å². The van der Waals surface area contributed by atoms with E-state index in [1.54, 1.807) is 4.90 Å². The number of hydrogen-bond acceptors (Lipinski definition) is 4. The summed E-state index contributed by atoms with van der Waals surface area (Å²) in [4.78, 5) is 54.0. The highest BCUT2D eigenvalue weighted by Gasteiger charge is 2.25. The van der Waals surface area contributed by atoms with Crippen LogP contribution in [-0.2, 0) is 16.1 Å². The summed E-state index contributed by atoms with van der Waals surface area (Å²) in [6, 6.07) is 6.68. The minimum Gasteiger partial charge on any atom is -0.339 e. The number of carbonyl (C=O) groups is 2. The first-order valence-corrected chi connectivity index (χ1v) is 10.5. The van der Waals surface area contributed by atoms with Crippen LogP contribution in [0.4, 0.5) is 8.78 Å². The van der Waals surface area contributed by atoms with Crippen molar-refractivity contribution in [3.63, 3.8) is 0 Å². The van der Waals surface area contributed by atoms with E-state index in [4.69, 9.17) is 11.6 Å². The Bertz CT molecular complexity index is 1390. The maximum absolute atomic E-state index is 14.5. The monoisotopic (exact) mass is 476 g/mol. The molecular formula is C22H19ClF2N4O4. The molecule has 0 aliphatic carbocycles. The number of carbonyl (C=O) groups excluding carboxylic acids is 2. The minimum atomic E-state index is -1.10. The lowest BCUT2D eigenvalue weighted by molar-refractivity contribution is -0.138. The zero-order valence-electron chi connectivity index (χ0n) is 17.6. The van der Waals surface area contributed by atoms with Crippen molar-refractivity contribution in [3.05, 3.63) is 73.9 Å². The Morgan fingerprint density at radius 2 is 1.64 bits per heavy atom. The van der Waals surface area contributed by atoms with E-state index >= 15 is 0 Å². The number of rotatable bonds is 3. The molecule has 1 aliphatic rings. The van der Waals surface area contributed by atoms with Gasteiger partial charge >= 0.3 is 5.69 Å². The number of aromatic nitrogens is 2. The summed E-state index contributed by atoms with van der Waals surface area (Å²) in [6.07, 6.45) is 0. The molecule has 11 heteroatoms. The van der Waals surface area contributed by atoms with E-state index in [0.29, 0.717) is 23.7 Å². The van der Waals surface area contributed by atoms with Crippen molar-refractivity contribution in [2.45, 2.75) is 13.5 Å². The fourth-order valence-electron chi connectivity index (χ4n) is 3.87. The summed E-state index contributed by atoms with van der Waals surface area (Å²) >= 11 is 6.07. The lowest BCUT2D eigenvalue weighted by atomic mass is 10.2. The number of nitrogens with zero attached hydrogens (tertiary/aromatic N) is 4. The molecule has 0 bridgehead atoms. The molecule has 2 heterocycles. The Morgan fingerprint density at radius 1 is 0.970 bits per heavy atom. The van der Waals surface area contributed by atoms with Gasteiger partial charge < -0.3 is 9.80 Å². The third-order valence-corrected chi connectivity index (χ3v) is 5.86. The van der Waals surface area contributed by atoms with Crippen molar-refractivity contribution >= 4 is 34.3 Å². The van der Waals surface area contributed by atoms with Gasteiger partial charge in [0.05, 0.1) is 16.6 Å². The molecule has 172 valence electrons. The van der Waals surface area contributed by atoms with Crippen LogP contribution in [0.2, 0.25) is 5.02 Å². The SMILES string of the molecule is CC(=O)N1CCN(C(=O)Cn2c(=O)n(-c3ccc(F)cc3F)c(=O)c3ccc(Cl)cc32)CC1. The predicted octanol–water partition coefficient (Wildman–Crippen LogP) is 1.77. The molecule has 1 saturated heterocycles. The molecule has 33 heavy (non-hydrogen) atoms. The van der Waals surface area contributed by atoms with Crippen LogP contribution >= 0.6 is 11.6 Å². The summed E-state index contributed by atoms with van der Waals surface area (Å²) in [5.41, 5.74) is -2.10. The Labute approximate surface area is 191 Å². The molecule has 3 aromatic rings. The van der Waals surface area contributed by atoms with Gasteiger partial charge in [0, 0.05) is 44.2 Å². The first-order valence-electron chi connectivity index (χ1n) is 10.1. The zero-order chi connectivity index (χ0) is 23.9. The topological polar surface area (TPSA) is 84.6 Å². The van der Waals surface area contributed by atoms with Gasteiger partial charge in [0.2, 0.25) is 11.8 Å². The van der Waals surface area contributed by atoms with Gasteiger partial charge in [0.25, 0.3) is 5.56 Å². The van der Waals surface area contributed by atoms with Crippen LogP contribution < -0.4 is 11.2 Å². The number of fused-ring (bicyclic) bond motifs is 1. The summed E-state index contributed by atoms with van der Waals surface area (Å²) in [5, 5.41) is 0.278. The molecule has 2 amide bonds. The Hall–Kier alpha value is -3.53. The van der Waals surface area contributed by atoms with Crippen molar-refractivity contribution in [2.24, 2.45) is 0 Å². The highest BCUT2D eigenvalue weighted by Crippen LogP contribution is 2.18. The Kier molecular flexibility index (Phi) is 6.03. The third-order valence-electron chi connectivity index (χ3n) is 5.63. The number of amides is 2. The van der Waals surface area contributed by atoms with Gasteiger partial charge in [0.15, 0.2) is 0 Å². The van der Waals surface area contributed by atoms with Crippen LogP contribution in [0, 0.1) is 11.6 Å². The van der Waals surface area contributed by atoms with E-state index in [-0.39, 0.29) is 34.9 Å². The quantitative estimate of drug-likeness (QED) is 0.577. The molecule has 0 unspecified atom stereocenters. The standard InChI is InChI=1S/C22H19ClF2N4O4/c1-13(30)26-6-8-27(9-7-26)20(31)12-28-19-10-14(23)2-4-16(19)21(32)29(22(28)33)18-5-3-15(24)11-17(18)25/h2-5,10-11H,6-9,12H2,1H3. The Morgan fingerprint density at radius 3 is 2.27 bits per heavy atom. The summed E-state index contributed by atoms with van der Waals surface area (Å²) in [7, 11) is 0. The van der Waals surface area contributed by atoms with Gasteiger partial charge in [-0.15, -0.1) is 0 Å². The molecule has 4 rings (SSSR count). The van der Waals surface area contributed by atoms with Crippen molar-refractivity contribution in [1.29, 1.82) is 0 Å². The van der Waals surface area contributed by atoms with E-state index in [0.717, 1.165) is 16.7 Å². The Balaban J connectivity index is 1.81. The molecule has 0 spiro atoms. The van der Waals surface area contributed by atoms with Crippen LogP contribution in [0.1, 0.15) is 6.92 Å². The molecule has 0 N–H and O–H groups in total. The number of hydrogen-bond donors (Lipinski definition) is 0. The molecule has 1 aromatic heterocycles. The molecule has 2 aromatic carbocycles. The van der Waals surface area contributed by atoms with Crippen molar-refractivity contribution in [2.75, 3.05) is 26.2 Å². The molecule has 1 aliphatic heterocycles. The number of piperazine rings is 1. The van der Waals surface area contributed by atoms with Crippen LogP contribution in [0.3, 0.4) is 0 Å². The number of benzene rings is 2. The smallest absolute Gasteiger partial charge is 0.336 e. The average Bonchev–Trinajstić information content (AvgIpc) is 2.77. The van der Waals surface area contributed by atoms with E-state index < -0.39 is 41.0 Å². The third kappa shape index (κ3) is 4.25. The normalized spacial score (nSPS) is 14.1. The fourth-order valence-corrected chi connectivity index (χ4v) is 4.04. The molecule has 8 nitrogen and oxygen atoms in total. The highest BCUT2D eigenvalue weighted by atomic mass is 35.5. The number of halogens is 3. The maximum atomic E-state index is 14.5. The highest BCUT2D eigenvalue weighted by molar-refractivity contribution is 6.31. The second-order valence-corrected chi connectivity index (χ2v) is 8.09. The molecule has 0 radical (unpaired) electrons. The first kappa shape index (κ1) is 22.7. The lowest BCUT2D eigenvalue weighted by Gasteiger charge is -2.34. The van der Waals surface area contributed by atoms with Crippen LogP contribution in [0.5, 0.6) is 0 Å². The van der Waals surface area contributed by atoms with E-state index in [2.05, 4.69) is 0 Å². The minimum absolute atomic E-state index is 0.0388. The van der Waals surface area contributed by atoms with Crippen LogP contribution in [0.25, 0.3) is 16.6 Å². The zero-order valence-corrected chi connectivity index (χ0v) is 18.3. The van der Waals surface area contributed by atoms with Gasteiger partial charge in [-0.2, -0.15) is 0 Å². The van der Waals surface area contributed by atoms with Gasteiger partial charge in [0.1, 0.15) is 18.2 Å². The van der Waals surface area contributed by atoms with Gasteiger partial charge in [-0.1, -0.05) is 11.6 Å². The fraction of sp³-hybridized carbons (Fsp3) is 0.273. The second-order valence-electron chi connectivity index (χ2n) is 7.65. The van der Waals surface area contributed by atoms with Crippen molar-refractivity contribution < 1.29 is 18.4 Å². The second kappa shape index (κ2) is 8.78. The van der Waals surface area contributed by atoms with E-state index in [1.165, 1.54) is 30.0 Å². The van der Waals surface area contributed by atoms with Crippen LogP contribution in [-0.4, -0.2) is 56.9 Å². The van der Waals surface area contributed by atoms with Crippen molar-refractivity contribution in [3.8, 4) is 5.69 Å². The largest absolute Gasteiger partial charge is 0.339 e. The molecule has 1 fully saturated rings. The summed E-state index contributed by atoms with van der Waals surface area (Å²) in [5.74, 6) is -2.46. The average molecular weight is 477 g/mol. The predicted molar refractivity (Wildman–Crippen MR) is 118 cm³/mol. The van der Waals surface area contributed by atoms with E-state index in [9.17, 15) is 28.0 Å². The van der Waals surface area contributed by atoms with Crippen LogP contribution in [0.15, 0.2) is 46.0 Å². The lowest BCUT2D eigenvalue weighted by Crippen LogP contribution is -2.51. The van der Waals surface area contributed by atoms with Gasteiger partial charge in [-0.3, -0.25) is 19.0 Å². The first-order chi connectivity index (χ1) is 15.7. The molecule has 0 atom stereocenters. The van der Waals surface area contributed by atoms with Crippen molar-refractivity contribution in [1.82, 2.24) is 18.9 Å². The molecule has 0 saturated carbocycles. The molecular weight excluding hydrogens is 458 g/mol.